The lowest BCUT2D eigenvalue weighted by atomic mass is 9.94. The van der Waals surface area contributed by atoms with Crippen LogP contribution in [0.3, 0.4) is 0 Å². The van der Waals surface area contributed by atoms with Crippen LogP contribution in [0.2, 0.25) is 0 Å². The molecule has 5 nitrogen and oxygen atoms in total. The molecule has 1 aliphatic carbocycles. The second-order valence-corrected chi connectivity index (χ2v) is 8.43. The summed E-state index contributed by atoms with van der Waals surface area (Å²) < 4.78 is 38.9. The van der Waals surface area contributed by atoms with Gasteiger partial charge in [0.05, 0.1) is 18.2 Å². The summed E-state index contributed by atoms with van der Waals surface area (Å²) in [5, 5.41) is 0. The van der Waals surface area contributed by atoms with Crippen LogP contribution in [0.4, 0.5) is 18.9 Å². The van der Waals surface area contributed by atoms with Crippen molar-refractivity contribution in [1.29, 1.82) is 0 Å². The third-order valence-electron chi connectivity index (χ3n) is 6.42. The molecule has 2 aromatic rings. The number of carbonyl (C=O) groups excluding carboxylic acids is 1. The fourth-order valence-electron chi connectivity index (χ4n) is 4.82. The van der Waals surface area contributed by atoms with Crippen molar-refractivity contribution < 1.29 is 18.0 Å². The summed E-state index contributed by atoms with van der Waals surface area (Å²) >= 11 is 0. The molecule has 0 aromatic carbocycles. The number of aryl methyl sites for hydroxylation is 2. The normalized spacial score (nSPS) is 21.0. The number of hydrogen-bond donors (Lipinski definition) is 0. The lowest BCUT2D eigenvalue weighted by Crippen LogP contribution is -2.34. The Hall–Kier alpha value is -2.64. The number of pyridine rings is 2. The van der Waals surface area contributed by atoms with E-state index in [2.05, 4.69) is 11.1 Å². The minimum absolute atomic E-state index is 0.0681. The van der Waals surface area contributed by atoms with E-state index in [0.717, 1.165) is 30.2 Å². The molecule has 1 fully saturated rings. The van der Waals surface area contributed by atoms with Crippen LogP contribution < -0.4 is 4.90 Å². The molecule has 3 aliphatic rings. The van der Waals surface area contributed by atoms with Crippen molar-refractivity contribution in [2.45, 2.75) is 51.4 Å². The number of rotatable bonds is 2. The van der Waals surface area contributed by atoms with Gasteiger partial charge in [-0.25, -0.2) is 0 Å². The van der Waals surface area contributed by atoms with E-state index in [1.807, 2.05) is 9.80 Å². The summed E-state index contributed by atoms with van der Waals surface area (Å²) in [6, 6.07) is 4.86. The Kier molecular flexibility index (Phi) is 4.67. The highest BCUT2D eigenvalue weighted by molar-refractivity contribution is 5.81. The largest absolute Gasteiger partial charge is 0.433 e. The lowest BCUT2D eigenvalue weighted by Gasteiger charge is -2.22. The molecule has 5 rings (SSSR count). The Morgan fingerprint density at radius 1 is 1.07 bits per heavy atom. The molecule has 2 aliphatic heterocycles. The van der Waals surface area contributed by atoms with Crippen molar-refractivity contribution >= 4 is 11.6 Å². The van der Waals surface area contributed by atoms with Gasteiger partial charge in [-0.15, -0.1) is 0 Å². The first kappa shape index (κ1) is 19.3. The molecule has 8 heteroatoms. The lowest BCUT2D eigenvalue weighted by molar-refractivity contribution is -0.141. The van der Waals surface area contributed by atoms with Gasteiger partial charge in [0.15, 0.2) is 0 Å². The smallest absolute Gasteiger partial charge is 0.371 e. The molecule has 158 valence electrons. The maximum Gasteiger partial charge on any atom is 0.433 e. The highest BCUT2D eigenvalue weighted by atomic mass is 19.4. The summed E-state index contributed by atoms with van der Waals surface area (Å²) in [6.45, 7) is 2.10. The molecule has 1 atom stereocenters. The van der Waals surface area contributed by atoms with E-state index in [1.54, 1.807) is 6.07 Å². The molecule has 0 spiro atoms. The quantitative estimate of drug-likeness (QED) is 0.748. The standard InChI is InChI=1S/C22H23F3N4O/c23-22(24,25)20-10-17(5-7-26-20)28-8-6-15(11-28)21(30)29-12-16-9-14-3-1-2-4-18(14)27-19(16)13-29/h5,7,9-10,15H,1-4,6,8,11-13H2/t15-/m1/s1. The van der Waals surface area contributed by atoms with Gasteiger partial charge >= 0.3 is 6.18 Å². The SMILES string of the molecule is O=C([C@@H]1CCN(c2ccnc(C(F)(F)F)c2)C1)N1Cc2cc3c(nc2C1)CCCC3. The van der Waals surface area contributed by atoms with Gasteiger partial charge < -0.3 is 9.80 Å². The first-order valence-corrected chi connectivity index (χ1v) is 10.5. The molecule has 0 bridgehead atoms. The zero-order chi connectivity index (χ0) is 20.9. The number of hydrogen-bond acceptors (Lipinski definition) is 4. The fourth-order valence-corrected chi connectivity index (χ4v) is 4.82. The van der Waals surface area contributed by atoms with Gasteiger partial charge in [0.2, 0.25) is 5.91 Å². The number of fused-ring (bicyclic) bond motifs is 2. The number of anilines is 1. The van der Waals surface area contributed by atoms with Crippen LogP contribution >= 0.6 is 0 Å². The average Bonchev–Trinajstić information content (AvgIpc) is 3.38. The molecular weight excluding hydrogens is 393 g/mol. The van der Waals surface area contributed by atoms with Crippen molar-refractivity contribution in [3.63, 3.8) is 0 Å². The summed E-state index contributed by atoms with van der Waals surface area (Å²) in [4.78, 5) is 25.1. The topological polar surface area (TPSA) is 49.3 Å². The maximum absolute atomic E-state index is 13.1. The summed E-state index contributed by atoms with van der Waals surface area (Å²) in [5.41, 5.74) is 4.20. The molecule has 4 heterocycles. The van der Waals surface area contributed by atoms with Gasteiger partial charge in [0.1, 0.15) is 5.69 Å². The van der Waals surface area contributed by atoms with Crippen LogP contribution in [-0.2, 0) is 36.9 Å². The van der Waals surface area contributed by atoms with Gasteiger partial charge in [0.25, 0.3) is 0 Å². The molecule has 1 amide bonds. The van der Waals surface area contributed by atoms with E-state index in [4.69, 9.17) is 4.98 Å². The summed E-state index contributed by atoms with van der Waals surface area (Å²) in [7, 11) is 0. The van der Waals surface area contributed by atoms with E-state index >= 15 is 0 Å². The van der Waals surface area contributed by atoms with Gasteiger partial charge in [-0.3, -0.25) is 14.8 Å². The maximum atomic E-state index is 13.1. The Balaban J connectivity index is 1.27. The molecule has 0 unspecified atom stereocenters. The summed E-state index contributed by atoms with van der Waals surface area (Å²) in [6.07, 6.45) is 1.78. The van der Waals surface area contributed by atoms with Crippen molar-refractivity contribution in [1.82, 2.24) is 14.9 Å². The molecule has 0 saturated carbocycles. The van der Waals surface area contributed by atoms with E-state index in [1.165, 1.54) is 30.3 Å². The minimum atomic E-state index is -4.47. The Labute approximate surface area is 172 Å². The first-order chi connectivity index (χ1) is 14.4. The number of alkyl halides is 3. The number of nitrogens with zero attached hydrogens (tertiary/aromatic N) is 4. The Morgan fingerprint density at radius 3 is 2.73 bits per heavy atom. The van der Waals surface area contributed by atoms with Crippen molar-refractivity contribution in [2.75, 3.05) is 18.0 Å². The van der Waals surface area contributed by atoms with Crippen LogP contribution in [0.15, 0.2) is 24.4 Å². The van der Waals surface area contributed by atoms with Crippen LogP contribution in [0, 0.1) is 5.92 Å². The van der Waals surface area contributed by atoms with Crippen LogP contribution in [0.25, 0.3) is 0 Å². The second-order valence-electron chi connectivity index (χ2n) is 8.43. The molecular formula is C22H23F3N4O. The molecule has 0 N–H and O–H groups in total. The van der Waals surface area contributed by atoms with Crippen LogP contribution in [0.5, 0.6) is 0 Å². The zero-order valence-corrected chi connectivity index (χ0v) is 16.6. The number of aromatic nitrogens is 2. The van der Waals surface area contributed by atoms with Crippen molar-refractivity contribution in [3.8, 4) is 0 Å². The van der Waals surface area contributed by atoms with Crippen molar-refractivity contribution in [2.24, 2.45) is 5.92 Å². The predicted octanol–water partition coefficient (Wildman–Crippen LogP) is 3.74. The monoisotopic (exact) mass is 416 g/mol. The number of halogens is 3. The average molecular weight is 416 g/mol. The van der Waals surface area contributed by atoms with Gasteiger partial charge in [0, 0.05) is 37.2 Å². The second kappa shape index (κ2) is 7.25. The first-order valence-electron chi connectivity index (χ1n) is 10.5. The van der Waals surface area contributed by atoms with E-state index < -0.39 is 11.9 Å². The molecule has 30 heavy (non-hydrogen) atoms. The van der Waals surface area contributed by atoms with Crippen molar-refractivity contribution in [3.05, 3.63) is 52.6 Å². The van der Waals surface area contributed by atoms with Crippen LogP contribution in [0.1, 0.15) is 47.5 Å². The predicted molar refractivity (Wildman–Crippen MR) is 105 cm³/mol. The van der Waals surface area contributed by atoms with Gasteiger partial charge in [-0.1, -0.05) is 6.07 Å². The minimum Gasteiger partial charge on any atom is -0.371 e. The van der Waals surface area contributed by atoms with E-state index in [0.29, 0.717) is 38.3 Å². The van der Waals surface area contributed by atoms with Gasteiger partial charge in [-0.2, -0.15) is 13.2 Å². The fraction of sp³-hybridized carbons (Fsp3) is 0.500. The highest BCUT2D eigenvalue weighted by Gasteiger charge is 2.36. The Bertz CT molecular complexity index is 956. The Morgan fingerprint density at radius 2 is 1.90 bits per heavy atom. The highest BCUT2D eigenvalue weighted by Crippen LogP contribution is 2.33. The van der Waals surface area contributed by atoms with E-state index in [9.17, 15) is 18.0 Å². The van der Waals surface area contributed by atoms with Gasteiger partial charge in [-0.05, 0) is 55.4 Å². The van der Waals surface area contributed by atoms with Crippen LogP contribution in [-0.4, -0.2) is 33.9 Å². The molecule has 2 aromatic heterocycles. The third-order valence-corrected chi connectivity index (χ3v) is 6.42. The molecule has 0 radical (unpaired) electrons. The number of carbonyl (C=O) groups is 1. The van der Waals surface area contributed by atoms with E-state index in [-0.39, 0.29) is 11.8 Å². The number of amides is 1. The molecule has 1 saturated heterocycles. The zero-order valence-electron chi connectivity index (χ0n) is 16.6. The third kappa shape index (κ3) is 3.52. The summed E-state index contributed by atoms with van der Waals surface area (Å²) in [5.74, 6) is -0.144.